The third-order valence-electron chi connectivity index (χ3n) is 5.33. The van der Waals surface area contributed by atoms with E-state index < -0.39 is 0 Å². The summed E-state index contributed by atoms with van der Waals surface area (Å²) in [5.41, 5.74) is 1.81. The Bertz CT molecular complexity index is 561. The molecule has 2 aliphatic rings. The van der Waals surface area contributed by atoms with Crippen LogP contribution < -0.4 is 15.4 Å². The summed E-state index contributed by atoms with van der Waals surface area (Å²) in [5, 5.41) is 6.10. The number of benzene rings is 1. The molecule has 2 N–H and O–H groups in total. The minimum absolute atomic E-state index is 0.109. The molecule has 0 radical (unpaired) electrons. The molecule has 1 aromatic carbocycles. The number of methoxy groups -OCH3 is 1. The Kier molecular flexibility index (Phi) is 4.76. The van der Waals surface area contributed by atoms with Crippen LogP contribution in [0.3, 0.4) is 0 Å². The number of hydrogen-bond acceptors (Lipinski definition) is 3. The molecule has 0 aromatic heterocycles. The van der Waals surface area contributed by atoms with Crippen LogP contribution in [0.1, 0.15) is 37.7 Å². The summed E-state index contributed by atoms with van der Waals surface area (Å²) in [5.74, 6) is 0.833. The van der Waals surface area contributed by atoms with Gasteiger partial charge in [0.25, 0.3) is 0 Å². The molecule has 2 heterocycles. The van der Waals surface area contributed by atoms with Gasteiger partial charge in [0.1, 0.15) is 5.75 Å². The maximum absolute atomic E-state index is 12.3. The van der Waals surface area contributed by atoms with E-state index >= 15 is 0 Å². The zero-order valence-corrected chi connectivity index (χ0v) is 14.3. The first-order valence-corrected chi connectivity index (χ1v) is 8.51. The summed E-state index contributed by atoms with van der Waals surface area (Å²) in [6, 6.07) is 7.09. The van der Waals surface area contributed by atoms with Crippen molar-refractivity contribution in [2.45, 2.75) is 57.2 Å². The Balaban J connectivity index is 1.56. The third kappa shape index (κ3) is 3.61. The van der Waals surface area contributed by atoms with Gasteiger partial charge in [-0.05, 0) is 63.4 Å². The molecule has 2 amide bonds. The van der Waals surface area contributed by atoms with Crippen molar-refractivity contribution in [2.24, 2.45) is 0 Å². The van der Waals surface area contributed by atoms with Gasteiger partial charge >= 0.3 is 6.03 Å². The van der Waals surface area contributed by atoms with Gasteiger partial charge in [-0.1, -0.05) is 6.42 Å². The molecule has 3 rings (SSSR count). The van der Waals surface area contributed by atoms with Crippen molar-refractivity contribution in [2.75, 3.05) is 19.5 Å². The van der Waals surface area contributed by atoms with Crippen LogP contribution in [0, 0.1) is 6.92 Å². The lowest BCUT2D eigenvalue weighted by atomic mass is 9.82. The lowest BCUT2D eigenvalue weighted by Gasteiger charge is -2.47. The average Bonchev–Trinajstić information content (AvgIpc) is 2.48. The molecule has 0 spiro atoms. The van der Waals surface area contributed by atoms with Gasteiger partial charge in [-0.15, -0.1) is 0 Å². The normalized spacial score (nSPS) is 27.3. The number of carbonyl (C=O) groups excluding carboxylic acids is 1. The number of ether oxygens (including phenoxy) is 1. The number of carbonyl (C=O) groups is 1. The van der Waals surface area contributed by atoms with E-state index in [2.05, 4.69) is 22.6 Å². The number of nitrogens with zero attached hydrogens (tertiary/aromatic N) is 1. The van der Waals surface area contributed by atoms with Crippen LogP contribution in [-0.2, 0) is 0 Å². The Morgan fingerprint density at radius 3 is 2.57 bits per heavy atom. The molecule has 2 fully saturated rings. The number of nitrogens with one attached hydrogen (secondary N) is 2. The van der Waals surface area contributed by atoms with Gasteiger partial charge in [0.15, 0.2) is 0 Å². The summed E-state index contributed by atoms with van der Waals surface area (Å²) >= 11 is 0. The van der Waals surface area contributed by atoms with Crippen LogP contribution >= 0.6 is 0 Å². The summed E-state index contributed by atoms with van der Waals surface area (Å²) in [4.78, 5) is 14.8. The van der Waals surface area contributed by atoms with Gasteiger partial charge in [-0.3, -0.25) is 0 Å². The van der Waals surface area contributed by atoms with Crippen molar-refractivity contribution in [3.8, 4) is 5.75 Å². The number of rotatable bonds is 3. The number of amides is 2. The highest BCUT2D eigenvalue weighted by atomic mass is 16.5. The van der Waals surface area contributed by atoms with E-state index in [-0.39, 0.29) is 12.1 Å². The van der Waals surface area contributed by atoms with Crippen LogP contribution in [0.25, 0.3) is 0 Å². The van der Waals surface area contributed by atoms with E-state index in [1.807, 2.05) is 25.1 Å². The molecule has 0 aliphatic carbocycles. The number of urea groups is 1. The monoisotopic (exact) mass is 317 g/mol. The van der Waals surface area contributed by atoms with Crippen molar-refractivity contribution in [1.82, 2.24) is 10.2 Å². The van der Waals surface area contributed by atoms with Crippen LogP contribution in [0.15, 0.2) is 18.2 Å². The predicted molar refractivity (Wildman–Crippen MR) is 92.1 cm³/mol. The zero-order chi connectivity index (χ0) is 16.4. The second kappa shape index (κ2) is 6.79. The molecule has 23 heavy (non-hydrogen) atoms. The minimum Gasteiger partial charge on any atom is -0.496 e. The van der Waals surface area contributed by atoms with Gasteiger partial charge in [-0.2, -0.15) is 0 Å². The van der Waals surface area contributed by atoms with Crippen molar-refractivity contribution < 1.29 is 9.53 Å². The molecule has 2 atom stereocenters. The van der Waals surface area contributed by atoms with Crippen LogP contribution in [0.2, 0.25) is 0 Å². The molecular weight excluding hydrogens is 290 g/mol. The van der Waals surface area contributed by atoms with E-state index in [1.165, 1.54) is 19.3 Å². The first-order chi connectivity index (χ1) is 11.1. The van der Waals surface area contributed by atoms with E-state index in [0.29, 0.717) is 12.1 Å². The second-order valence-electron chi connectivity index (χ2n) is 6.86. The maximum atomic E-state index is 12.3. The van der Waals surface area contributed by atoms with E-state index in [9.17, 15) is 4.79 Å². The molecule has 2 aliphatic heterocycles. The third-order valence-corrected chi connectivity index (χ3v) is 5.33. The van der Waals surface area contributed by atoms with Gasteiger partial charge < -0.3 is 20.3 Å². The highest BCUT2D eigenvalue weighted by Gasteiger charge is 2.36. The average molecular weight is 317 g/mol. The standard InChI is InChI=1S/C18H27N3O2/c1-12-9-13(7-8-17(12)23-3)19-18(22)20-14-10-15-5-4-6-16(11-14)21(15)2/h7-9,14-16H,4-6,10-11H2,1-3H3,(H2,19,20,22). The molecule has 5 nitrogen and oxygen atoms in total. The molecule has 5 heteroatoms. The second-order valence-corrected chi connectivity index (χ2v) is 6.86. The van der Waals surface area contributed by atoms with E-state index in [0.717, 1.165) is 29.8 Å². The Hall–Kier alpha value is -1.75. The van der Waals surface area contributed by atoms with Gasteiger partial charge in [0.2, 0.25) is 0 Å². The van der Waals surface area contributed by atoms with Crippen molar-refractivity contribution in [3.63, 3.8) is 0 Å². The molecule has 2 bridgehead atoms. The van der Waals surface area contributed by atoms with Crippen molar-refractivity contribution in [3.05, 3.63) is 23.8 Å². The van der Waals surface area contributed by atoms with Crippen molar-refractivity contribution in [1.29, 1.82) is 0 Å². The molecule has 2 saturated heterocycles. The lowest BCUT2D eigenvalue weighted by molar-refractivity contribution is 0.0513. The van der Waals surface area contributed by atoms with Crippen LogP contribution in [0.5, 0.6) is 5.75 Å². The minimum atomic E-state index is -0.109. The van der Waals surface area contributed by atoms with Crippen LogP contribution in [-0.4, -0.2) is 43.2 Å². The van der Waals surface area contributed by atoms with E-state index in [1.54, 1.807) is 7.11 Å². The fraction of sp³-hybridized carbons (Fsp3) is 0.611. The largest absolute Gasteiger partial charge is 0.496 e. The summed E-state index contributed by atoms with van der Waals surface area (Å²) in [6.45, 7) is 1.97. The topological polar surface area (TPSA) is 53.6 Å². The SMILES string of the molecule is COc1ccc(NC(=O)NC2CC3CCCC(C2)N3C)cc1C. The summed E-state index contributed by atoms with van der Waals surface area (Å²) < 4.78 is 5.25. The summed E-state index contributed by atoms with van der Waals surface area (Å²) in [6.07, 6.45) is 5.95. The lowest BCUT2D eigenvalue weighted by Crippen LogP contribution is -2.55. The summed E-state index contributed by atoms with van der Waals surface area (Å²) in [7, 11) is 3.88. The van der Waals surface area contributed by atoms with Gasteiger partial charge in [-0.25, -0.2) is 4.79 Å². The highest BCUT2D eigenvalue weighted by Crippen LogP contribution is 2.32. The Labute approximate surface area is 138 Å². The predicted octanol–water partition coefficient (Wildman–Crippen LogP) is 3.14. The van der Waals surface area contributed by atoms with Crippen LogP contribution in [0.4, 0.5) is 10.5 Å². The maximum Gasteiger partial charge on any atom is 0.319 e. The molecular formula is C18H27N3O2. The number of aryl methyl sites for hydroxylation is 1. The molecule has 1 aromatic rings. The first-order valence-electron chi connectivity index (χ1n) is 8.51. The number of fused-ring (bicyclic) bond motifs is 2. The number of piperidine rings is 2. The van der Waals surface area contributed by atoms with Crippen molar-refractivity contribution >= 4 is 11.7 Å². The molecule has 126 valence electrons. The smallest absolute Gasteiger partial charge is 0.319 e. The quantitative estimate of drug-likeness (QED) is 0.900. The Morgan fingerprint density at radius 1 is 1.26 bits per heavy atom. The van der Waals surface area contributed by atoms with E-state index in [4.69, 9.17) is 4.74 Å². The first kappa shape index (κ1) is 16.1. The number of anilines is 1. The molecule has 2 unspecified atom stereocenters. The Morgan fingerprint density at radius 2 is 1.96 bits per heavy atom. The molecule has 0 saturated carbocycles. The van der Waals surface area contributed by atoms with Gasteiger partial charge in [0, 0.05) is 23.8 Å². The zero-order valence-electron chi connectivity index (χ0n) is 14.3. The van der Waals surface area contributed by atoms with Gasteiger partial charge in [0.05, 0.1) is 7.11 Å². The highest BCUT2D eigenvalue weighted by molar-refractivity contribution is 5.89. The fourth-order valence-electron chi connectivity index (χ4n) is 4.04. The number of hydrogen-bond donors (Lipinski definition) is 2. The fourth-order valence-corrected chi connectivity index (χ4v) is 4.04.